The summed E-state index contributed by atoms with van der Waals surface area (Å²) in [4.78, 5) is 12.3. The summed E-state index contributed by atoms with van der Waals surface area (Å²) in [5.74, 6) is 0.409. The van der Waals surface area contributed by atoms with Crippen LogP contribution < -0.4 is 5.32 Å². The fourth-order valence-corrected chi connectivity index (χ4v) is 2.77. The number of carbonyl (C=O) groups excluding carboxylic acids is 1. The number of aromatic nitrogens is 2. The quantitative estimate of drug-likeness (QED) is 0.708. The van der Waals surface area contributed by atoms with Crippen molar-refractivity contribution in [3.05, 3.63) is 81.4 Å². The first-order valence-electron chi connectivity index (χ1n) is 6.95. The third kappa shape index (κ3) is 3.81. The molecule has 3 aromatic rings. The first-order chi connectivity index (χ1) is 11.1. The second-order valence-corrected chi connectivity index (χ2v) is 6.22. The van der Waals surface area contributed by atoms with Crippen LogP contribution in [0.25, 0.3) is 0 Å². The molecule has 1 N–H and O–H groups in total. The molecule has 0 radical (unpaired) electrons. The van der Waals surface area contributed by atoms with Crippen molar-refractivity contribution in [1.29, 1.82) is 0 Å². The zero-order valence-corrected chi connectivity index (χ0v) is 14.4. The number of amides is 1. The van der Waals surface area contributed by atoms with Gasteiger partial charge < -0.3 is 5.32 Å². The van der Waals surface area contributed by atoms with Crippen LogP contribution in [0.3, 0.4) is 0 Å². The van der Waals surface area contributed by atoms with Crippen LogP contribution in [0.15, 0.2) is 65.3 Å². The van der Waals surface area contributed by atoms with Gasteiger partial charge in [0, 0.05) is 21.1 Å². The van der Waals surface area contributed by atoms with Crippen LogP contribution >= 0.6 is 27.5 Å². The van der Waals surface area contributed by atoms with Gasteiger partial charge in [-0.1, -0.05) is 51.8 Å². The summed E-state index contributed by atoms with van der Waals surface area (Å²) in [5, 5.41) is 7.66. The summed E-state index contributed by atoms with van der Waals surface area (Å²) in [6.07, 6.45) is 1.66. The van der Waals surface area contributed by atoms with Gasteiger partial charge in [-0.05, 0) is 29.8 Å². The lowest BCUT2D eigenvalue weighted by atomic mass is 10.2. The van der Waals surface area contributed by atoms with Gasteiger partial charge in [-0.25, -0.2) is 4.68 Å². The first-order valence-corrected chi connectivity index (χ1v) is 8.13. The summed E-state index contributed by atoms with van der Waals surface area (Å²) >= 11 is 9.44. The van der Waals surface area contributed by atoms with Gasteiger partial charge in [0.15, 0.2) is 0 Å². The average Bonchev–Trinajstić information content (AvgIpc) is 2.96. The van der Waals surface area contributed by atoms with E-state index in [4.69, 9.17) is 11.6 Å². The number of anilines is 1. The summed E-state index contributed by atoms with van der Waals surface area (Å²) in [6, 6.07) is 16.5. The van der Waals surface area contributed by atoms with Crippen molar-refractivity contribution < 1.29 is 4.79 Å². The number of halogens is 2. The normalized spacial score (nSPS) is 10.5. The van der Waals surface area contributed by atoms with E-state index in [-0.39, 0.29) is 5.91 Å². The van der Waals surface area contributed by atoms with E-state index in [1.165, 1.54) is 0 Å². The number of rotatable bonds is 4. The highest BCUT2D eigenvalue weighted by Crippen LogP contribution is 2.19. The van der Waals surface area contributed by atoms with E-state index in [1.54, 1.807) is 41.2 Å². The maximum absolute atomic E-state index is 12.3. The largest absolute Gasteiger partial charge is 0.307 e. The highest BCUT2D eigenvalue weighted by molar-refractivity contribution is 9.10. The smallest absolute Gasteiger partial charge is 0.256 e. The minimum Gasteiger partial charge on any atom is -0.307 e. The Morgan fingerprint density at radius 1 is 1.17 bits per heavy atom. The van der Waals surface area contributed by atoms with E-state index in [1.807, 2.05) is 24.3 Å². The molecule has 0 aliphatic heterocycles. The van der Waals surface area contributed by atoms with Gasteiger partial charge >= 0.3 is 0 Å². The van der Waals surface area contributed by atoms with Gasteiger partial charge in [0.2, 0.25) is 0 Å². The third-order valence-electron chi connectivity index (χ3n) is 3.32. The molecule has 0 spiro atoms. The molecule has 6 heteroatoms. The van der Waals surface area contributed by atoms with E-state index in [0.29, 0.717) is 22.9 Å². The highest BCUT2D eigenvalue weighted by atomic mass is 79.9. The van der Waals surface area contributed by atoms with Gasteiger partial charge in [-0.2, -0.15) is 5.10 Å². The summed E-state index contributed by atoms with van der Waals surface area (Å²) < 4.78 is 2.74. The van der Waals surface area contributed by atoms with Crippen molar-refractivity contribution in [2.75, 3.05) is 5.32 Å². The Bertz CT molecular complexity index is 847. The Labute approximate surface area is 147 Å². The summed E-state index contributed by atoms with van der Waals surface area (Å²) in [5.41, 5.74) is 1.58. The molecule has 0 atom stereocenters. The van der Waals surface area contributed by atoms with Gasteiger partial charge in [-0.15, -0.1) is 0 Å². The van der Waals surface area contributed by atoms with Gasteiger partial charge in [0.25, 0.3) is 5.91 Å². The van der Waals surface area contributed by atoms with Gasteiger partial charge in [0.1, 0.15) is 5.82 Å². The second kappa shape index (κ2) is 6.98. The van der Waals surface area contributed by atoms with Crippen LogP contribution in [-0.2, 0) is 6.54 Å². The van der Waals surface area contributed by atoms with E-state index in [2.05, 4.69) is 26.3 Å². The summed E-state index contributed by atoms with van der Waals surface area (Å²) in [6.45, 7) is 0.555. The lowest BCUT2D eigenvalue weighted by Crippen LogP contribution is -2.16. The topological polar surface area (TPSA) is 46.9 Å². The number of benzene rings is 2. The number of carbonyl (C=O) groups is 1. The van der Waals surface area contributed by atoms with Crippen LogP contribution in [-0.4, -0.2) is 15.7 Å². The molecule has 2 aromatic carbocycles. The van der Waals surface area contributed by atoms with Crippen molar-refractivity contribution >= 4 is 39.3 Å². The van der Waals surface area contributed by atoms with Gasteiger partial charge in [0.05, 0.1) is 12.7 Å². The van der Waals surface area contributed by atoms with Crippen molar-refractivity contribution in [3.63, 3.8) is 0 Å². The van der Waals surface area contributed by atoms with Crippen molar-refractivity contribution in [2.45, 2.75) is 6.54 Å². The highest BCUT2D eigenvalue weighted by Gasteiger charge is 2.11. The third-order valence-corrected chi connectivity index (χ3v) is 4.33. The van der Waals surface area contributed by atoms with E-state index < -0.39 is 0 Å². The number of nitrogens with one attached hydrogen (secondary N) is 1. The minimum absolute atomic E-state index is 0.221. The standard InChI is InChI=1S/C17H13BrClN3O/c18-15-7-2-1-4-13(15)11-22-16(8-9-20-22)21-17(23)12-5-3-6-14(19)10-12/h1-10H,11H2,(H,21,23). The molecule has 23 heavy (non-hydrogen) atoms. The molecule has 0 aliphatic rings. The number of nitrogens with zero attached hydrogens (tertiary/aromatic N) is 2. The molecule has 4 nitrogen and oxygen atoms in total. The monoisotopic (exact) mass is 389 g/mol. The molecule has 0 bridgehead atoms. The Balaban J connectivity index is 1.79. The Morgan fingerprint density at radius 3 is 2.78 bits per heavy atom. The molecule has 1 amide bonds. The molecule has 0 saturated heterocycles. The Morgan fingerprint density at radius 2 is 2.00 bits per heavy atom. The first kappa shape index (κ1) is 15.8. The summed E-state index contributed by atoms with van der Waals surface area (Å²) in [7, 11) is 0. The Hall–Kier alpha value is -2.11. The van der Waals surface area contributed by atoms with Crippen LogP contribution in [0.1, 0.15) is 15.9 Å². The van der Waals surface area contributed by atoms with Gasteiger partial charge in [-0.3, -0.25) is 4.79 Å². The second-order valence-electron chi connectivity index (χ2n) is 4.93. The lowest BCUT2D eigenvalue weighted by Gasteiger charge is -2.10. The molecule has 1 heterocycles. The molecular formula is C17H13BrClN3O. The predicted octanol–water partition coefficient (Wildman–Crippen LogP) is 4.60. The van der Waals surface area contributed by atoms with E-state index in [0.717, 1.165) is 10.0 Å². The zero-order chi connectivity index (χ0) is 16.2. The molecular weight excluding hydrogens is 378 g/mol. The van der Waals surface area contributed by atoms with Crippen LogP contribution in [0.4, 0.5) is 5.82 Å². The fraction of sp³-hybridized carbons (Fsp3) is 0.0588. The fourth-order valence-electron chi connectivity index (χ4n) is 2.17. The maximum Gasteiger partial charge on any atom is 0.256 e. The molecule has 1 aromatic heterocycles. The van der Waals surface area contributed by atoms with Crippen molar-refractivity contribution in [2.24, 2.45) is 0 Å². The predicted molar refractivity (Wildman–Crippen MR) is 94.9 cm³/mol. The number of hydrogen-bond donors (Lipinski definition) is 1. The molecule has 0 saturated carbocycles. The number of hydrogen-bond acceptors (Lipinski definition) is 2. The molecule has 0 unspecified atom stereocenters. The SMILES string of the molecule is O=C(Nc1ccnn1Cc1ccccc1Br)c1cccc(Cl)c1. The molecule has 0 aliphatic carbocycles. The van der Waals surface area contributed by atoms with Crippen molar-refractivity contribution in [1.82, 2.24) is 9.78 Å². The zero-order valence-electron chi connectivity index (χ0n) is 12.0. The van der Waals surface area contributed by atoms with Crippen LogP contribution in [0.5, 0.6) is 0 Å². The molecule has 3 rings (SSSR count). The Kier molecular flexibility index (Phi) is 4.79. The molecule has 0 fully saturated rings. The lowest BCUT2D eigenvalue weighted by molar-refractivity contribution is 0.102. The van der Waals surface area contributed by atoms with Crippen LogP contribution in [0, 0.1) is 0 Å². The van der Waals surface area contributed by atoms with Crippen LogP contribution in [0.2, 0.25) is 5.02 Å². The average molecular weight is 391 g/mol. The van der Waals surface area contributed by atoms with E-state index >= 15 is 0 Å². The maximum atomic E-state index is 12.3. The molecule has 116 valence electrons. The van der Waals surface area contributed by atoms with E-state index in [9.17, 15) is 4.79 Å². The minimum atomic E-state index is -0.221. The van der Waals surface area contributed by atoms with Crippen molar-refractivity contribution in [3.8, 4) is 0 Å².